The topological polar surface area (TPSA) is 65.1 Å². The highest BCUT2D eigenvalue weighted by atomic mass is 32.2. The summed E-state index contributed by atoms with van der Waals surface area (Å²) in [7, 11) is 3.45. The molecule has 0 saturated carbocycles. The third-order valence-corrected chi connectivity index (χ3v) is 7.10. The molecule has 1 saturated heterocycles. The molecule has 0 aliphatic carbocycles. The highest BCUT2D eigenvalue weighted by molar-refractivity contribution is 7.89. The summed E-state index contributed by atoms with van der Waals surface area (Å²) in [6.45, 7) is 3.67. The minimum atomic E-state index is -3.96. The van der Waals surface area contributed by atoms with Crippen molar-refractivity contribution in [2.24, 2.45) is 0 Å². The van der Waals surface area contributed by atoms with Crippen LogP contribution in [0.3, 0.4) is 0 Å². The Morgan fingerprint density at radius 1 is 1.10 bits per heavy atom. The summed E-state index contributed by atoms with van der Waals surface area (Å²) in [5.74, 6) is -0.517. The number of benzene rings is 2. The number of nitrogens with zero attached hydrogens (tertiary/aromatic N) is 3. The second kappa shape index (κ2) is 9.95. The second-order valence-electron chi connectivity index (χ2n) is 7.99. The number of methoxy groups -OCH3 is 1. The Kier molecular flexibility index (Phi) is 7.53. The van der Waals surface area contributed by atoms with Crippen LogP contribution in [0.5, 0.6) is 5.75 Å². The predicted molar refractivity (Wildman–Crippen MR) is 121 cm³/mol. The number of nitrogens with one attached hydrogen (secondary N) is 1. The highest BCUT2D eigenvalue weighted by Gasteiger charge is 2.27. The van der Waals surface area contributed by atoms with Gasteiger partial charge in [-0.2, -0.15) is 0 Å². The quantitative estimate of drug-likeness (QED) is 0.665. The van der Waals surface area contributed by atoms with Gasteiger partial charge in [0.25, 0.3) is 0 Å². The summed E-state index contributed by atoms with van der Waals surface area (Å²) in [5, 5.41) is 0. The van der Waals surface area contributed by atoms with Crippen molar-refractivity contribution in [2.45, 2.75) is 10.9 Å². The Hall–Kier alpha value is -2.20. The lowest BCUT2D eigenvalue weighted by Gasteiger charge is -2.38. The standard InChI is InChI=1S/C22H31FN4O3S/c1-25(2)19-8-5-17(6-9-19)20(27-13-11-26(3)12-14-27)16-24-31(28,29)22-15-18(23)7-10-21(22)30-4/h5-10,15,20,24H,11-14,16H2,1-4H3/t20-/m0/s1. The average Bonchev–Trinajstić information content (AvgIpc) is 2.75. The van der Waals surface area contributed by atoms with Gasteiger partial charge < -0.3 is 14.5 Å². The number of anilines is 1. The molecular weight excluding hydrogens is 419 g/mol. The smallest absolute Gasteiger partial charge is 0.244 e. The van der Waals surface area contributed by atoms with Crippen LogP contribution in [0.4, 0.5) is 10.1 Å². The molecule has 1 fully saturated rings. The fraction of sp³-hybridized carbons (Fsp3) is 0.455. The average molecular weight is 451 g/mol. The van der Waals surface area contributed by atoms with Gasteiger partial charge in [-0.3, -0.25) is 4.90 Å². The molecule has 1 aliphatic heterocycles. The molecule has 170 valence electrons. The van der Waals surface area contributed by atoms with E-state index < -0.39 is 15.8 Å². The van der Waals surface area contributed by atoms with Crippen molar-refractivity contribution >= 4 is 15.7 Å². The Morgan fingerprint density at radius 3 is 2.32 bits per heavy atom. The fourth-order valence-electron chi connectivity index (χ4n) is 3.71. The first-order valence-electron chi connectivity index (χ1n) is 10.2. The van der Waals surface area contributed by atoms with E-state index in [1.807, 2.05) is 43.3 Å². The van der Waals surface area contributed by atoms with Crippen LogP contribution < -0.4 is 14.4 Å². The van der Waals surface area contributed by atoms with Gasteiger partial charge in [-0.1, -0.05) is 12.1 Å². The van der Waals surface area contributed by atoms with Crippen molar-refractivity contribution in [1.29, 1.82) is 0 Å². The number of hydrogen-bond donors (Lipinski definition) is 1. The maximum Gasteiger partial charge on any atom is 0.244 e. The van der Waals surface area contributed by atoms with Crippen LogP contribution in [-0.2, 0) is 10.0 Å². The lowest BCUT2D eigenvalue weighted by Crippen LogP contribution is -2.48. The van der Waals surface area contributed by atoms with Crippen LogP contribution >= 0.6 is 0 Å². The molecule has 3 rings (SSSR count). The summed E-state index contributed by atoms with van der Waals surface area (Å²) in [5.41, 5.74) is 2.11. The number of hydrogen-bond acceptors (Lipinski definition) is 6. The Bertz CT molecular complexity index is 975. The first kappa shape index (κ1) is 23.5. The summed E-state index contributed by atoms with van der Waals surface area (Å²) in [6, 6.07) is 11.5. The SMILES string of the molecule is COc1ccc(F)cc1S(=O)(=O)NC[C@@H](c1ccc(N(C)C)cc1)N1CCN(C)CC1. The number of rotatable bonds is 8. The number of sulfonamides is 1. The van der Waals surface area contributed by atoms with Crippen molar-refractivity contribution in [1.82, 2.24) is 14.5 Å². The van der Waals surface area contributed by atoms with Crippen LogP contribution in [-0.4, -0.2) is 79.2 Å². The Balaban J connectivity index is 1.85. The molecule has 2 aromatic carbocycles. The molecule has 1 N–H and O–H groups in total. The number of ether oxygens (including phenoxy) is 1. The number of likely N-dealkylation sites (N-methyl/N-ethyl adjacent to an activating group) is 1. The molecule has 0 spiro atoms. The van der Waals surface area contributed by atoms with Gasteiger partial charge in [0.1, 0.15) is 16.5 Å². The maximum absolute atomic E-state index is 13.7. The predicted octanol–water partition coefficient (Wildman–Crippen LogP) is 2.17. The molecule has 0 radical (unpaired) electrons. The van der Waals surface area contributed by atoms with Crippen LogP contribution in [0.15, 0.2) is 47.4 Å². The van der Waals surface area contributed by atoms with Gasteiger partial charge in [-0.25, -0.2) is 17.5 Å². The molecule has 0 bridgehead atoms. The van der Waals surface area contributed by atoms with E-state index >= 15 is 0 Å². The summed E-state index contributed by atoms with van der Waals surface area (Å²) in [6.07, 6.45) is 0. The van der Waals surface area contributed by atoms with E-state index in [2.05, 4.69) is 21.6 Å². The molecule has 0 unspecified atom stereocenters. The van der Waals surface area contributed by atoms with E-state index in [-0.39, 0.29) is 23.2 Å². The molecule has 7 nitrogen and oxygen atoms in total. The molecule has 1 atom stereocenters. The third kappa shape index (κ3) is 5.74. The first-order chi connectivity index (χ1) is 14.7. The van der Waals surface area contributed by atoms with Crippen LogP contribution in [0.1, 0.15) is 11.6 Å². The van der Waals surface area contributed by atoms with Crippen molar-refractivity contribution in [3.05, 3.63) is 53.8 Å². The van der Waals surface area contributed by atoms with E-state index in [1.54, 1.807) is 0 Å². The van der Waals surface area contributed by atoms with Crippen molar-refractivity contribution < 1.29 is 17.5 Å². The fourth-order valence-corrected chi connectivity index (χ4v) is 4.93. The minimum absolute atomic E-state index is 0.111. The van der Waals surface area contributed by atoms with E-state index in [9.17, 15) is 12.8 Å². The minimum Gasteiger partial charge on any atom is -0.495 e. The molecule has 9 heteroatoms. The monoisotopic (exact) mass is 450 g/mol. The van der Waals surface area contributed by atoms with Crippen molar-refractivity contribution in [3.63, 3.8) is 0 Å². The number of piperazine rings is 1. The summed E-state index contributed by atoms with van der Waals surface area (Å²) < 4.78 is 47.5. The zero-order valence-corrected chi connectivity index (χ0v) is 19.3. The molecule has 0 aromatic heterocycles. The largest absolute Gasteiger partial charge is 0.495 e. The van der Waals surface area contributed by atoms with Gasteiger partial charge in [0.15, 0.2) is 0 Å². The van der Waals surface area contributed by atoms with Crippen LogP contribution in [0.25, 0.3) is 0 Å². The lowest BCUT2D eigenvalue weighted by molar-refractivity contribution is 0.113. The van der Waals surface area contributed by atoms with Crippen molar-refractivity contribution in [3.8, 4) is 5.75 Å². The van der Waals surface area contributed by atoms with Gasteiger partial charge in [0, 0.05) is 58.5 Å². The summed E-state index contributed by atoms with van der Waals surface area (Å²) >= 11 is 0. The van der Waals surface area contributed by atoms with Gasteiger partial charge in [0.05, 0.1) is 7.11 Å². The molecular formula is C22H31FN4O3S. The van der Waals surface area contributed by atoms with E-state index in [0.29, 0.717) is 0 Å². The third-order valence-electron chi connectivity index (χ3n) is 5.65. The molecule has 31 heavy (non-hydrogen) atoms. The molecule has 2 aromatic rings. The lowest BCUT2D eigenvalue weighted by atomic mass is 10.0. The summed E-state index contributed by atoms with van der Waals surface area (Å²) in [4.78, 5) is 6.36. The second-order valence-corrected chi connectivity index (χ2v) is 9.72. The van der Waals surface area contributed by atoms with E-state index in [1.165, 1.54) is 19.2 Å². The molecule has 1 aliphatic rings. The Morgan fingerprint density at radius 2 is 1.74 bits per heavy atom. The van der Waals surface area contributed by atoms with E-state index in [0.717, 1.165) is 43.5 Å². The highest BCUT2D eigenvalue weighted by Crippen LogP contribution is 2.27. The molecule has 1 heterocycles. The zero-order valence-electron chi connectivity index (χ0n) is 18.5. The van der Waals surface area contributed by atoms with Gasteiger partial charge in [-0.05, 0) is 42.9 Å². The molecule has 0 amide bonds. The van der Waals surface area contributed by atoms with Crippen LogP contribution in [0.2, 0.25) is 0 Å². The van der Waals surface area contributed by atoms with Gasteiger partial charge in [-0.15, -0.1) is 0 Å². The zero-order chi connectivity index (χ0) is 22.6. The van der Waals surface area contributed by atoms with E-state index in [4.69, 9.17) is 4.74 Å². The first-order valence-corrected chi connectivity index (χ1v) is 11.7. The maximum atomic E-state index is 13.7. The Labute approximate surface area is 184 Å². The number of halogens is 1. The van der Waals surface area contributed by atoms with Crippen molar-refractivity contribution in [2.75, 3.05) is 65.9 Å². The normalized spacial score (nSPS) is 16.8. The van der Waals surface area contributed by atoms with Crippen LogP contribution in [0, 0.1) is 5.82 Å². The van der Waals surface area contributed by atoms with Gasteiger partial charge >= 0.3 is 0 Å². The van der Waals surface area contributed by atoms with Gasteiger partial charge in [0.2, 0.25) is 10.0 Å².